The van der Waals surface area contributed by atoms with Crippen LogP contribution < -0.4 is 0 Å². The van der Waals surface area contributed by atoms with Crippen molar-refractivity contribution in [3.05, 3.63) is 0 Å². The van der Waals surface area contributed by atoms with E-state index in [1.807, 2.05) is 13.8 Å². The van der Waals surface area contributed by atoms with E-state index in [4.69, 9.17) is 0 Å². The first-order valence-corrected chi connectivity index (χ1v) is 7.58. The maximum atomic E-state index is 2.60. The Bertz CT molecular complexity index is 137. The van der Waals surface area contributed by atoms with Gasteiger partial charge in [0.25, 0.3) is 0 Å². The van der Waals surface area contributed by atoms with Crippen molar-refractivity contribution in [2.75, 3.05) is 33.2 Å². The molecule has 0 aromatic heterocycles. The zero-order valence-corrected chi connectivity index (χ0v) is 13.4. The number of unbranched alkanes of at least 4 members (excludes halogenated alkanes) is 1. The normalized spacial score (nSPS) is 12.5. The average Bonchev–Trinajstić information content (AvgIpc) is 2.38. The molecule has 0 spiro atoms. The van der Waals surface area contributed by atoms with Gasteiger partial charge >= 0.3 is 0 Å². The Labute approximate surface area is 110 Å². The molecule has 0 rings (SSSR count). The van der Waals surface area contributed by atoms with Crippen LogP contribution in [-0.2, 0) is 0 Å². The lowest BCUT2D eigenvalue weighted by atomic mass is 10.1. The third kappa shape index (κ3) is 10.8. The van der Waals surface area contributed by atoms with E-state index in [9.17, 15) is 0 Å². The Morgan fingerprint density at radius 3 is 1.94 bits per heavy atom. The highest BCUT2D eigenvalue weighted by Crippen LogP contribution is 2.07. The van der Waals surface area contributed by atoms with Crippen molar-refractivity contribution in [2.24, 2.45) is 0 Å². The second-order valence-corrected chi connectivity index (χ2v) is 4.52. The molecule has 2 heteroatoms. The molecule has 0 aromatic carbocycles. The quantitative estimate of drug-likeness (QED) is 0.607. The molecule has 0 N–H and O–H groups in total. The van der Waals surface area contributed by atoms with Gasteiger partial charge in [0.1, 0.15) is 0 Å². The summed E-state index contributed by atoms with van der Waals surface area (Å²) in [6.45, 7) is 17.9. The second kappa shape index (κ2) is 14.0. The highest BCUT2D eigenvalue weighted by atomic mass is 15.2. The highest BCUT2D eigenvalue weighted by molar-refractivity contribution is 4.67. The SMILES string of the molecule is CC.CCCCC(C)N(CC)CCN(C)CC. The molecule has 2 nitrogen and oxygen atoms in total. The second-order valence-electron chi connectivity index (χ2n) is 4.52. The monoisotopic (exact) mass is 244 g/mol. The van der Waals surface area contributed by atoms with Crippen LogP contribution in [0.2, 0.25) is 0 Å². The first-order valence-electron chi connectivity index (χ1n) is 7.58. The molecule has 0 amide bonds. The van der Waals surface area contributed by atoms with Crippen LogP contribution in [-0.4, -0.2) is 49.1 Å². The van der Waals surface area contributed by atoms with E-state index in [-0.39, 0.29) is 0 Å². The zero-order valence-electron chi connectivity index (χ0n) is 13.4. The Kier molecular flexibility index (Phi) is 15.8. The first-order chi connectivity index (χ1) is 8.15. The van der Waals surface area contributed by atoms with Crippen LogP contribution in [0.5, 0.6) is 0 Å². The molecule has 0 aliphatic heterocycles. The predicted octanol–water partition coefficient (Wildman–Crippen LogP) is 3.86. The Morgan fingerprint density at radius 2 is 1.53 bits per heavy atom. The van der Waals surface area contributed by atoms with Crippen LogP contribution in [0, 0.1) is 0 Å². The number of hydrogen-bond acceptors (Lipinski definition) is 2. The van der Waals surface area contributed by atoms with Gasteiger partial charge in [0.05, 0.1) is 0 Å². The number of likely N-dealkylation sites (N-methyl/N-ethyl adjacent to an activating group) is 2. The summed E-state index contributed by atoms with van der Waals surface area (Å²) >= 11 is 0. The first kappa shape index (κ1) is 19.3. The van der Waals surface area contributed by atoms with E-state index in [0.717, 1.165) is 12.6 Å². The fourth-order valence-electron chi connectivity index (χ4n) is 1.83. The molecule has 106 valence electrons. The minimum atomic E-state index is 0.750. The standard InChI is InChI=1S/C13H30N2.C2H6/c1-6-9-10-13(4)15(8-3)12-11-14(5)7-2;1-2/h13H,6-12H2,1-5H3;1-2H3. The largest absolute Gasteiger partial charge is 0.305 e. The van der Waals surface area contributed by atoms with Gasteiger partial charge in [-0.25, -0.2) is 0 Å². The maximum absolute atomic E-state index is 2.60. The Balaban J connectivity index is 0. The van der Waals surface area contributed by atoms with E-state index in [1.54, 1.807) is 0 Å². The smallest absolute Gasteiger partial charge is 0.0112 e. The summed E-state index contributed by atoms with van der Waals surface area (Å²) in [5.74, 6) is 0. The molecule has 1 atom stereocenters. The summed E-state index contributed by atoms with van der Waals surface area (Å²) in [5.41, 5.74) is 0. The van der Waals surface area contributed by atoms with Gasteiger partial charge < -0.3 is 4.90 Å². The van der Waals surface area contributed by atoms with Gasteiger partial charge in [-0.15, -0.1) is 0 Å². The lowest BCUT2D eigenvalue weighted by molar-refractivity contribution is 0.181. The molecule has 0 aliphatic carbocycles. The van der Waals surface area contributed by atoms with Crippen LogP contribution in [0.1, 0.15) is 60.8 Å². The van der Waals surface area contributed by atoms with Crippen molar-refractivity contribution >= 4 is 0 Å². The van der Waals surface area contributed by atoms with Crippen LogP contribution in [0.3, 0.4) is 0 Å². The topological polar surface area (TPSA) is 6.48 Å². The molecular weight excluding hydrogens is 208 g/mol. The molecule has 0 heterocycles. The molecule has 0 aromatic rings. The molecule has 0 saturated carbocycles. The van der Waals surface area contributed by atoms with Crippen LogP contribution in [0.4, 0.5) is 0 Å². The Hall–Kier alpha value is -0.0800. The molecule has 0 fully saturated rings. The fraction of sp³-hybridized carbons (Fsp3) is 1.00. The number of rotatable bonds is 9. The fourth-order valence-corrected chi connectivity index (χ4v) is 1.83. The molecule has 0 saturated heterocycles. The van der Waals surface area contributed by atoms with Gasteiger partial charge in [0.15, 0.2) is 0 Å². The third-order valence-corrected chi connectivity index (χ3v) is 3.31. The van der Waals surface area contributed by atoms with Gasteiger partial charge in [-0.1, -0.05) is 47.5 Å². The van der Waals surface area contributed by atoms with Crippen LogP contribution in [0.25, 0.3) is 0 Å². The van der Waals surface area contributed by atoms with E-state index in [0.29, 0.717) is 0 Å². The molecule has 0 aliphatic rings. The van der Waals surface area contributed by atoms with Crippen molar-refractivity contribution in [2.45, 2.75) is 66.8 Å². The minimum absolute atomic E-state index is 0.750. The lowest BCUT2D eigenvalue weighted by Crippen LogP contribution is -2.38. The molecule has 0 bridgehead atoms. The summed E-state index contributed by atoms with van der Waals surface area (Å²) in [6.07, 6.45) is 4.03. The van der Waals surface area contributed by atoms with Crippen LogP contribution in [0.15, 0.2) is 0 Å². The molecule has 0 radical (unpaired) electrons. The van der Waals surface area contributed by atoms with Gasteiger partial charge in [0, 0.05) is 19.1 Å². The van der Waals surface area contributed by atoms with E-state index in [2.05, 4.69) is 44.5 Å². The maximum Gasteiger partial charge on any atom is 0.0112 e. The van der Waals surface area contributed by atoms with Crippen molar-refractivity contribution in [1.29, 1.82) is 0 Å². The number of nitrogens with zero attached hydrogens (tertiary/aromatic N) is 2. The van der Waals surface area contributed by atoms with E-state index in [1.165, 1.54) is 38.9 Å². The summed E-state index contributed by atoms with van der Waals surface area (Å²) in [5, 5.41) is 0. The Morgan fingerprint density at radius 1 is 0.941 bits per heavy atom. The minimum Gasteiger partial charge on any atom is -0.305 e. The highest BCUT2D eigenvalue weighted by Gasteiger charge is 2.11. The van der Waals surface area contributed by atoms with Crippen molar-refractivity contribution < 1.29 is 0 Å². The van der Waals surface area contributed by atoms with Gasteiger partial charge in [-0.2, -0.15) is 0 Å². The average molecular weight is 244 g/mol. The summed E-state index contributed by atoms with van der Waals surface area (Å²) in [7, 11) is 2.20. The molecule has 17 heavy (non-hydrogen) atoms. The van der Waals surface area contributed by atoms with E-state index >= 15 is 0 Å². The van der Waals surface area contributed by atoms with Gasteiger partial charge in [-0.3, -0.25) is 4.90 Å². The molecule has 1 unspecified atom stereocenters. The van der Waals surface area contributed by atoms with Crippen LogP contribution >= 0.6 is 0 Å². The van der Waals surface area contributed by atoms with Crippen molar-refractivity contribution in [3.63, 3.8) is 0 Å². The third-order valence-electron chi connectivity index (χ3n) is 3.31. The number of hydrogen-bond donors (Lipinski definition) is 0. The predicted molar refractivity (Wildman–Crippen MR) is 80.8 cm³/mol. The lowest BCUT2D eigenvalue weighted by Gasteiger charge is -2.29. The zero-order chi connectivity index (χ0) is 13.7. The van der Waals surface area contributed by atoms with Crippen molar-refractivity contribution in [1.82, 2.24) is 9.80 Å². The van der Waals surface area contributed by atoms with Crippen molar-refractivity contribution in [3.8, 4) is 0 Å². The van der Waals surface area contributed by atoms with E-state index < -0.39 is 0 Å². The summed E-state index contributed by atoms with van der Waals surface area (Å²) < 4.78 is 0. The molecular formula is C15H36N2. The summed E-state index contributed by atoms with van der Waals surface area (Å²) in [4.78, 5) is 4.98. The van der Waals surface area contributed by atoms with Gasteiger partial charge in [0.2, 0.25) is 0 Å². The summed E-state index contributed by atoms with van der Waals surface area (Å²) in [6, 6.07) is 0.750. The van der Waals surface area contributed by atoms with Gasteiger partial charge in [-0.05, 0) is 33.5 Å².